The third kappa shape index (κ3) is 2.87. The Morgan fingerprint density at radius 3 is 2.74 bits per heavy atom. The van der Waals surface area contributed by atoms with Gasteiger partial charge in [0.2, 0.25) is 13.0 Å². The fourth-order valence-electron chi connectivity index (χ4n) is 4.30. The molecule has 154 valence electrons. The number of benzene rings is 3. The molecule has 6 rings (SSSR count). The third-order valence-corrected chi connectivity index (χ3v) is 5.77. The molecule has 0 radical (unpaired) electrons. The number of hydrogen-bond donors (Lipinski definition) is 0. The second-order valence-electron chi connectivity index (χ2n) is 7.57. The Kier molecular flexibility index (Phi) is 3.86. The van der Waals surface area contributed by atoms with Gasteiger partial charge in [-0.3, -0.25) is 10.1 Å². The number of hydrazone groups is 1. The summed E-state index contributed by atoms with van der Waals surface area (Å²) in [5, 5.41) is 18.1. The lowest BCUT2D eigenvalue weighted by atomic mass is 9.95. The topological polar surface area (TPSA) is 86.4 Å². The van der Waals surface area contributed by atoms with Crippen LogP contribution in [0.4, 0.5) is 5.69 Å². The Morgan fingerprint density at radius 2 is 1.84 bits per heavy atom. The summed E-state index contributed by atoms with van der Waals surface area (Å²) in [4.78, 5) is 10.9. The largest absolute Gasteiger partial charge is 0.464 e. The van der Waals surface area contributed by atoms with Crippen LogP contribution in [0.15, 0.2) is 71.8 Å². The molecule has 0 N–H and O–H groups in total. The quantitative estimate of drug-likeness (QED) is 0.460. The first-order valence-electron chi connectivity index (χ1n) is 9.93. The number of ether oxygens (including phenoxy) is 3. The molecule has 0 aromatic heterocycles. The van der Waals surface area contributed by atoms with Gasteiger partial charge in [0.1, 0.15) is 5.75 Å². The average Bonchev–Trinajstić information content (AvgIpc) is 3.45. The van der Waals surface area contributed by atoms with E-state index in [1.165, 1.54) is 6.07 Å². The van der Waals surface area contributed by atoms with Gasteiger partial charge in [0.05, 0.1) is 16.7 Å². The molecule has 0 amide bonds. The normalized spacial score (nSPS) is 20.5. The molecule has 3 aliphatic rings. The minimum atomic E-state index is -0.564. The van der Waals surface area contributed by atoms with Crippen molar-refractivity contribution in [2.75, 3.05) is 6.79 Å². The Morgan fingerprint density at radius 1 is 0.968 bits per heavy atom. The van der Waals surface area contributed by atoms with Crippen LogP contribution < -0.4 is 14.2 Å². The smallest absolute Gasteiger partial charge is 0.269 e. The molecule has 2 atom stereocenters. The molecule has 2 unspecified atom stereocenters. The number of nitro benzene ring substituents is 1. The molecule has 0 aliphatic carbocycles. The standard InChI is InChI=1S/C23H17N3O5/c27-26(28)16-5-3-4-15(10-16)23-25-19(17-6-1-2-7-20(17)31-23)12-18(24-25)14-8-9-21-22(11-14)30-13-29-21/h1-11,19,23H,12-13H2. The number of hydrogen-bond acceptors (Lipinski definition) is 7. The van der Waals surface area contributed by atoms with Gasteiger partial charge in [-0.05, 0) is 24.3 Å². The van der Waals surface area contributed by atoms with Gasteiger partial charge in [0.25, 0.3) is 5.69 Å². The highest BCUT2D eigenvalue weighted by Crippen LogP contribution is 2.48. The van der Waals surface area contributed by atoms with Gasteiger partial charge in [-0.15, -0.1) is 0 Å². The Bertz CT molecular complexity index is 1240. The van der Waals surface area contributed by atoms with Crippen molar-refractivity contribution in [2.45, 2.75) is 18.7 Å². The SMILES string of the molecule is O=[N+]([O-])c1cccc(C2Oc3ccccc3C3CC(c4ccc5c(c4)OCO5)=NN32)c1. The van der Waals surface area contributed by atoms with Crippen LogP contribution >= 0.6 is 0 Å². The second kappa shape index (κ2) is 6.73. The van der Waals surface area contributed by atoms with Crippen molar-refractivity contribution in [3.05, 3.63) is 93.5 Å². The number of nitro groups is 1. The zero-order valence-electron chi connectivity index (χ0n) is 16.3. The van der Waals surface area contributed by atoms with E-state index < -0.39 is 11.2 Å². The van der Waals surface area contributed by atoms with Crippen LogP contribution in [0.5, 0.6) is 17.2 Å². The summed E-state index contributed by atoms with van der Waals surface area (Å²) in [5.41, 5.74) is 3.61. The summed E-state index contributed by atoms with van der Waals surface area (Å²) < 4.78 is 17.2. The van der Waals surface area contributed by atoms with Crippen molar-refractivity contribution >= 4 is 11.4 Å². The van der Waals surface area contributed by atoms with Crippen molar-refractivity contribution in [1.82, 2.24) is 5.01 Å². The number of non-ortho nitro benzene ring substituents is 1. The lowest BCUT2D eigenvalue weighted by Gasteiger charge is -2.38. The Hall–Kier alpha value is -4.07. The van der Waals surface area contributed by atoms with E-state index in [2.05, 4.69) is 0 Å². The van der Waals surface area contributed by atoms with Gasteiger partial charge >= 0.3 is 0 Å². The summed E-state index contributed by atoms with van der Waals surface area (Å²) in [6, 6.07) is 20.2. The minimum Gasteiger partial charge on any atom is -0.464 e. The molecule has 0 saturated heterocycles. The van der Waals surface area contributed by atoms with E-state index in [4.69, 9.17) is 19.3 Å². The molecule has 3 aromatic rings. The van der Waals surface area contributed by atoms with Gasteiger partial charge in [0, 0.05) is 35.2 Å². The minimum absolute atomic E-state index is 0.0238. The monoisotopic (exact) mass is 415 g/mol. The van der Waals surface area contributed by atoms with Crippen LogP contribution in [0.3, 0.4) is 0 Å². The summed E-state index contributed by atoms with van der Waals surface area (Å²) >= 11 is 0. The van der Waals surface area contributed by atoms with Crippen molar-refractivity contribution in [1.29, 1.82) is 0 Å². The van der Waals surface area contributed by atoms with E-state index in [0.717, 1.165) is 28.3 Å². The number of nitrogens with zero attached hydrogens (tertiary/aromatic N) is 3. The molecule has 3 aliphatic heterocycles. The van der Waals surface area contributed by atoms with Crippen molar-refractivity contribution < 1.29 is 19.1 Å². The molecule has 0 saturated carbocycles. The van der Waals surface area contributed by atoms with Gasteiger partial charge < -0.3 is 14.2 Å². The Balaban J connectivity index is 1.43. The van der Waals surface area contributed by atoms with Crippen LogP contribution in [0.1, 0.15) is 35.4 Å². The highest BCUT2D eigenvalue weighted by Gasteiger charge is 2.41. The maximum Gasteiger partial charge on any atom is 0.269 e. The molecule has 3 aromatic carbocycles. The fraction of sp³-hybridized carbons (Fsp3) is 0.174. The molecule has 31 heavy (non-hydrogen) atoms. The van der Waals surface area contributed by atoms with Crippen LogP contribution in [0.2, 0.25) is 0 Å². The van der Waals surface area contributed by atoms with E-state index in [1.807, 2.05) is 53.5 Å². The summed E-state index contributed by atoms with van der Waals surface area (Å²) in [5.74, 6) is 2.20. The molecule has 0 bridgehead atoms. The van der Waals surface area contributed by atoms with E-state index in [9.17, 15) is 10.1 Å². The maximum atomic E-state index is 11.3. The number of fused-ring (bicyclic) bond motifs is 4. The first-order chi connectivity index (χ1) is 15.2. The van der Waals surface area contributed by atoms with Crippen LogP contribution in [-0.2, 0) is 0 Å². The number of para-hydroxylation sites is 1. The fourth-order valence-corrected chi connectivity index (χ4v) is 4.30. The first-order valence-corrected chi connectivity index (χ1v) is 9.93. The van der Waals surface area contributed by atoms with Gasteiger partial charge in [-0.1, -0.05) is 30.3 Å². The molecular formula is C23H17N3O5. The molecule has 0 spiro atoms. The van der Waals surface area contributed by atoms with E-state index in [-0.39, 0.29) is 18.5 Å². The zero-order chi connectivity index (χ0) is 20.9. The van der Waals surface area contributed by atoms with E-state index in [0.29, 0.717) is 17.7 Å². The van der Waals surface area contributed by atoms with Crippen molar-refractivity contribution in [2.24, 2.45) is 5.10 Å². The van der Waals surface area contributed by atoms with Crippen molar-refractivity contribution in [3.63, 3.8) is 0 Å². The lowest BCUT2D eigenvalue weighted by Crippen LogP contribution is -2.33. The first kappa shape index (κ1) is 17.8. The average molecular weight is 415 g/mol. The van der Waals surface area contributed by atoms with Crippen LogP contribution in [-0.4, -0.2) is 22.4 Å². The number of rotatable bonds is 3. The maximum absolute atomic E-state index is 11.3. The molecule has 3 heterocycles. The predicted octanol–water partition coefficient (Wildman–Crippen LogP) is 4.57. The Labute approximate surface area is 177 Å². The predicted molar refractivity (Wildman–Crippen MR) is 111 cm³/mol. The van der Waals surface area contributed by atoms with Crippen molar-refractivity contribution in [3.8, 4) is 17.2 Å². The summed E-state index contributed by atoms with van der Waals surface area (Å²) in [6.07, 6.45) is 0.122. The van der Waals surface area contributed by atoms with Gasteiger partial charge in [-0.2, -0.15) is 5.10 Å². The van der Waals surface area contributed by atoms with Crippen LogP contribution in [0, 0.1) is 10.1 Å². The molecule has 8 nitrogen and oxygen atoms in total. The van der Waals surface area contributed by atoms with E-state index in [1.54, 1.807) is 12.1 Å². The summed E-state index contributed by atoms with van der Waals surface area (Å²) in [6.45, 7) is 0.218. The van der Waals surface area contributed by atoms with Crippen LogP contribution in [0.25, 0.3) is 0 Å². The highest BCUT2D eigenvalue weighted by molar-refractivity contribution is 6.02. The third-order valence-electron chi connectivity index (χ3n) is 5.77. The zero-order valence-corrected chi connectivity index (χ0v) is 16.3. The second-order valence-corrected chi connectivity index (χ2v) is 7.57. The molecule has 8 heteroatoms. The van der Waals surface area contributed by atoms with Gasteiger partial charge in [-0.25, -0.2) is 5.01 Å². The van der Waals surface area contributed by atoms with Gasteiger partial charge in [0.15, 0.2) is 11.5 Å². The molecular weight excluding hydrogens is 398 g/mol. The lowest BCUT2D eigenvalue weighted by molar-refractivity contribution is -0.385. The summed E-state index contributed by atoms with van der Waals surface area (Å²) in [7, 11) is 0. The highest BCUT2D eigenvalue weighted by atomic mass is 16.7. The van der Waals surface area contributed by atoms with E-state index >= 15 is 0 Å². The molecule has 0 fully saturated rings.